The van der Waals surface area contributed by atoms with Crippen LogP contribution in [0.3, 0.4) is 0 Å². The number of hydrogen-bond acceptors (Lipinski definition) is 5. The number of fused-ring (bicyclic) bond motifs is 3. The lowest BCUT2D eigenvalue weighted by Gasteiger charge is -2.31. The maximum absolute atomic E-state index is 13.2. The number of carbonyl (C=O) groups is 1. The molecule has 0 saturated heterocycles. The normalized spacial score (nSPS) is 15.5. The maximum Gasteiger partial charge on any atom is 0.338 e. The van der Waals surface area contributed by atoms with Gasteiger partial charge in [-0.15, -0.1) is 0 Å². The number of ether oxygens (including phenoxy) is 2. The number of aromatic nitrogens is 2. The average molecular weight is 448 g/mol. The number of hydrogen-bond donors (Lipinski definition) is 1. The van der Waals surface area contributed by atoms with Crippen LogP contribution in [0.4, 0.5) is 5.95 Å². The fourth-order valence-corrected chi connectivity index (χ4v) is 4.26. The molecule has 0 aliphatic carbocycles. The molecule has 2 aromatic carbocycles. The predicted octanol–water partition coefficient (Wildman–Crippen LogP) is 6.09. The van der Waals surface area contributed by atoms with E-state index in [-0.39, 0.29) is 12.0 Å². The van der Waals surface area contributed by atoms with E-state index in [1.165, 1.54) is 0 Å². The van der Waals surface area contributed by atoms with Gasteiger partial charge < -0.3 is 14.8 Å². The van der Waals surface area contributed by atoms with Crippen LogP contribution in [0.15, 0.2) is 59.8 Å². The summed E-state index contributed by atoms with van der Waals surface area (Å²) in [6.45, 7) is 9.34. The third kappa shape index (κ3) is 4.75. The van der Waals surface area contributed by atoms with Crippen molar-refractivity contribution in [1.29, 1.82) is 0 Å². The second kappa shape index (κ2) is 10.1. The van der Waals surface area contributed by atoms with E-state index in [2.05, 4.69) is 30.7 Å². The summed E-state index contributed by atoms with van der Waals surface area (Å²) in [5.74, 6) is 1.88. The Balaban J connectivity index is 1.80. The second-order valence-electron chi connectivity index (χ2n) is 8.78. The average Bonchev–Trinajstić information content (AvgIpc) is 3.17. The Morgan fingerprint density at radius 3 is 2.58 bits per heavy atom. The van der Waals surface area contributed by atoms with Gasteiger partial charge in [-0.25, -0.2) is 9.78 Å². The van der Waals surface area contributed by atoms with Gasteiger partial charge in [-0.2, -0.15) is 0 Å². The highest BCUT2D eigenvalue weighted by Crippen LogP contribution is 2.41. The zero-order chi connectivity index (χ0) is 23.4. The van der Waals surface area contributed by atoms with Crippen LogP contribution in [-0.2, 0) is 9.53 Å². The predicted molar refractivity (Wildman–Crippen MR) is 131 cm³/mol. The fraction of sp³-hybridized carbons (Fsp3) is 0.407. The van der Waals surface area contributed by atoms with Gasteiger partial charge in [0.25, 0.3) is 0 Å². The number of benzene rings is 2. The van der Waals surface area contributed by atoms with Gasteiger partial charge in [0.15, 0.2) is 0 Å². The number of esters is 1. The van der Waals surface area contributed by atoms with Crippen LogP contribution in [0.1, 0.15) is 58.6 Å². The minimum absolute atomic E-state index is 0.292. The summed E-state index contributed by atoms with van der Waals surface area (Å²) in [6.07, 6.45) is 2.65. The summed E-state index contributed by atoms with van der Waals surface area (Å²) in [5.41, 5.74) is 4.37. The van der Waals surface area contributed by atoms with Crippen molar-refractivity contribution in [3.8, 4) is 5.75 Å². The van der Waals surface area contributed by atoms with Crippen molar-refractivity contribution in [2.75, 3.05) is 18.5 Å². The summed E-state index contributed by atoms with van der Waals surface area (Å²) in [4.78, 5) is 18.0. The molecule has 33 heavy (non-hydrogen) atoms. The Labute approximate surface area is 195 Å². The molecule has 2 heterocycles. The lowest BCUT2D eigenvalue weighted by molar-refractivity contribution is -0.139. The molecule has 0 amide bonds. The highest BCUT2D eigenvalue weighted by molar-refractivity contribution is 5.94. The molecule has 1 atom stereocenters. The maximum atomic E-state index is 13.2. The molecule has 1 aromatic heterocycles. The van der Waals surface area contributed by atoms with E-state index in [1.54, 1.807) is 0 Å². The van der Waals surface area contributed by atoms with Crippen molar-refractivity contribution in [2.45, 2.75) is 53.0 Å². The van der Waals surface area contributed by atoms with Crippen LogP contribution >= 0.6 is 0 Å². The molecule has 6 nitrogen and oxygen atoms in total. The Morgan fingerprint density at radius 2 is 1.88 bits per heavy atom. The summed E-state index contributed by atoms with van der Waals surface area (Å²) in [6, 6.07) is 15.7. The third-order valence-corrected chi connectivity index (χ3v) is 5.87. The first-order valence-electron chi connectivity index (χ1n) is 11.9. The van der Waals surface area contributed by atoms with Crippen molar-refractivity contribution in [3.63, 3.8) is 0 Å². The molecular formula is C27H33N3O3. The van der Waals surface area contributed by atoms with Crippen LogP contribution in [-0.4, -0.2) is 28.7 Å². The van der Waals surface area contributed by atoms with Gasteiger partial charge in [-0.1, -0.05) is 51.5 Å². The Hall–Kier alpha value is -3.28. The van der Waals surface area contributed by atoms with E-state index in [1.807, 2.05) is 55.5 Å². The van der Waals surface area contributed by atoms with Crippen LogP contribution in [0.2, 0.25) is 0 Å². The summed E-state index contributed by atoms with van der Waals surface area (Å²) in [5, 5.41) is 3.43. The smallest absolute Gasteiger partial charge is 0.338 e. The second-order valence-corrected chi connectivity index (χ2v) is 8.78. The van der Waals surface area contributed by atoms with Crippen LogP contribution < -0.4 is 10.1 Å². The molecule has 0 radical (unpaired) electrons. The minimum atomic E-state index is -0.334. The third-order valence-electron chi connectivity index (χ3n) is 5.87. The molecule has 1 aliphatic rings. The van der Waals surface area contributed by atoms with Crippen molar-refractivity contribution in [2.24, 2.45) is 5.92 Å². The minimum Gasteiger partial charge on any atom is -0.494 e. The van der Waals surface area contributed by atoms with Gasteiger partial charge in [-0.05, 0) is 55.5 Å². The quantitative estimate of drug-likeness (QED) is 0.402. The largest absolute Gasteiger partial charge is 0.494 e. The molecule has 3 aromatic rings. The SMILES string of the molecule is CCCC1=C(C(=O)OCC)[C@@H](c2ccc(OCCC(C)C)cc2)n2c(nc3ccccc32)N1. The first-order chi connectivity index (χ1) is 16.0. The molecule has 0 fully saturated rings. The van der Waals surface area contributed by atoms with Crippen molar-refractivity contribution in [1.82, 2.24) is 9.55 Å². The van der Waals surface area contributed by atoms with E-state index in [9.17, 15) is 4.79 Å². The molecular weight excluding hydrogens is 414 g/mol. The van der Waals surface area contributed by atoms with E-state index >= 15 is 0 Å². The van der Waals surface area contributed by atoms with Crippen molar-refractivity contribution in [3.05, 3.63) is 65.4 Å². The summed E-state index contributed by atoms with van der Waals surface area (Å²) < 4.78 is 13.5. The van der Waals surface area contributed by atoms with Gasteiger partial charge in [-0.3, -0.25) is 4.57 Å². The van der Waals surface area contributed by atoms with Gasteiger partial charge in [0, 0.05) is 5.70 Å². The number of para-hydroxylation sites is 2. The fourth-order valence-electron chi connectivity index (χ4n) is 4.26. The van der Waals surface area contributed by atoms with Gasteiger partial charge in [0.1, 0.15) is 5.75 Å². The van der Waals surface area contributed by atoms with Crippen LogP contribution in [0.5, 0.6) is 5.75 Å². The lowest BCUT2D eigenvalue weighted by atomic mass is 9.93. The topological polar surface area (TPSA) is 65.4 Å². The zero-order valence-electron chi connectivity index (χ0n) is 19.9. The molecule has 4 rings (SSSR count). The molecule has 6 heteroatoms. The number of nitrogens with one attached hydrogen (secondary N) is 1. The standard InChI is InChI=1S/C27H33N3O3/c1-5-9-22-24(26(31)32-6-2)25(19-12-14-20(15-13-19)33-17-16-18(3)4)30-23-11-8-7-10-21(23)28-27(30)29-22/h7-8,10-15,18,25H,5-6,9,16-17H2,1-4H3,(H,28,29)/t25-/m1/s1. The Kier molecular flexibility index (Phi) is 7.02. The monoisotopic (exact) mass is 447 g/mol. The number of nitrogens with zero attached hydrogens (tertiary/aromatic N) is 2. The van der Waals surface area contributed by atoms with Crippen molar-refractivity contribution < 1.29 is 14.3 Å². The molecule has 0 spiro atoms. The Bertz CT molecular complexity index is 1150. The summed E-state index contributed by atoms with van der Waals surface area (Å²) in [7, 11) is 0. The summed E-state index contributed by atoms with van der Waals surface area (Å²) >= 11 is 0. The number of rotatable bonds is 9. The first-order valence-corrected chi connectivity index (χ1v) is 11.9. The van der Waals surface area contributed by atoms with Gasteiger partial charge in [0.05, 0.1) is 35.9 Å². The lowest BCUT2D eigenvalue weighted by Crippen LogP contribution is -2.29. The zero-order valence-corrected chi connectivity index (χ0v) is 19.9. The highest BCUT2D eigenvalue weighted by Gasteiger charge is 2.35. The van der Waals surface area contributed by atoms with Crippen LogP contribution in [0.25, 0.3) is 11.0 Å². The van der Waals surface area contributed by atoms with Gasteiger partial charge in [0.2, 0.25) is 5.95 Å². The molecule has 0 bridgehead atoms. The molecule has 1 aliphatic heterocycles. The first kappa shape index (κ1) is 22.9. The number of imidazole rings is 1. The number of carbonyl (C=O) groups excluding carboxylic acids is 1. The van der Waals surface area contributed by atoms with Crippen molar-refractivity contribution >= 4 is 23.0 Å². The van der Waals surface area contributed by atoms with E-state index in [0.717, 1.165) is 53.3 Å². The number of allylic oxidation sites excluding steroid dienone is 1. The van der Waals surface area contributed by atoms with E-state index in [4.69, 9.17) is 14.5 Å². The molecule has 0 unspecified atom stereocenters. The molecule has 174 valence electrons. The highest BCUT2D eigenvalue weighted by atomic mass is 16.5. The number of anilines is 1. The van der Waals surface area contributed by atoms with E-state index in [0.29, 0.717) is 24.7 Å². The molecule has 1 N–H and O–H groups in total. The van der Waals surface area contributed by atoms with E-state index < -0.39 is 0 Å². The van der Waals surface area contributed by atoms with Gasteiger partial charge >= 0.3 is 5.97 Å². The Morgan fingerprint density at radius 1 is 1.12 bits per heavy atom. The molecule has 0 saturated carbocycles. The van der Waals surface area contributed by atoms with Crippen LogP contribution in [0, 0.1) is 5.92 Å².